The van der Waals surface area contributed by atoms with Crippen LogP contribution in [0.2, 0.25) is 0 Å². The fourth-order valence-electron chi connectivity index (χ4n) is 6.79. The second-order valence-electron chi connectivity index (χ2n) is 12.7. The topological polar surface area (TPSA) is 161 Å². The Balaban J connectivity index is 1.000. The van der Waals surface area contributed by atoms with Crippen LogP contribution in [0.3, 0.4) is 0 Å². The zero-order chi connectivity index (χ0) is 35.4. The molecule has 0 radical (unpaired) electrons. The number of anilines is 3. The molecular formula is C38H32N8O4S. The minimum absolute atomic E-state index is 0.0793. The Bertz CT molecular complexity index is 2460. The number of fused-ring (bicyclic) bond motifs is 5. The van der Waals surface area contributed by atoms with E-state index in [1.165, 1.54) is 11.3 Å². The van der Waals surface area contributed by atoms with Crippen LogP contribution in [0, 0.1) is 0 Å². The molecule has 4 N–H and O–H groups in total. The molecule has 0 bridgehead atoms. The number of nitrogens with one attached hydrogen (secondary N) is 1. The molecule has 0 saturated heterocycles. The van der Waals surface area contributed by atoms with Crippen molar-refractivity contribution < 1.29 is 19.5 Å². The summed E-state index contributed by atoms with van der Waals surface area (Å²) in [5.74, 6) is -1.50. The molecular weight excluding hydrogens is 665 g/mol. The number of thiazole rings is 1. The van der Waals surface area contributed by atoms with Crippen molar-refractivity contribution in [2.24, 2.45) is 16.0 Å². The van der Waals surface area contributed by atoms with Crippen molar-refractivity contribution in [3.05, 3.63) is 113 Å². The Kier molecular flexibility index (Phi) is 7.83. The number of benzene rings is 4. The van der Waals surface area contributed by atoms with Gasteiger partial charge in [0.25, 0.3) is 11.8 Å². The van der Waals surface area contributed by atoms with Crippen molar-refractivity contribution in [2.45, 2.75) is 12.8 Å². The highest BCUT2D eigenvalue weighted by Gasteiger charge is 2.30. The number of amides is 2. The van der Waals surface area contributed by atoms with Gasteiger partial charge in [0.15, 0.2) is 0 Å². The average Bonchev–Trinajstić information content (AvgIpc) is 3.94. The molecule has 0 unspecified atom stereocenters. The van der Waals surface area contributed by atoms with E-state index in [1.807, 2.05) is 79.7 Å². The summed E-state index contributed by atoms with van der Waals surface area (Å²) >= 11 is 1.37. The van der Waals surface area contributed by atoms with E-state index in [-0.39, 0.29) is 23.2 Å². The van der Waals surface area contributed by atoms with Crippen molar-refractivity contribution >= 4 is 84.2 Å². The molecule has 2 aromatic heterocycles. The number of nitrogens with two attached hydrogens (primary N) is 1. The maximum Gasteiger partial charge on any atom is 0.352 e. The quantitative estimate of drug-likeness (QED) is 0.119. The van der Waals surface area contributed by atoms with Gasteiger partial charge in [0.05, 0.1) is 21.6 Å². The van der Waals surface area contributed by atoms with Crippen LogP contribution in [-0.4, -0.2) is 60.0 Å². The lowest BCUT2D eigenvalue weighted by Gasteiger charge is -2.19. The smallest absolute Gasteiger partial charge is 0.352 e. The molecule has 2 aliphatic heterocycles. The molecule has 2 aliphatic rings. The van der Waals surface area contributed by atoms with E-state index in [1.54, 1.807) is 34.1 Å². The van der Waals surface area contributed by atoms with Crippen molar-refractivity contribution in [3.63, 3.8) is 0 Å². The number of carbonyl (C=O) groups excluding carboxylic acids is 2. The lowest BCUT2D eigenvalue weighted by Crippen LogP contribution is -2.33. The SMILES string of the molecule is CN(C)c1ccc(/N=N/c2nc3ccc(C(=O)N4CCc5c(/C=C(\N)C(=O)N6CCc7c6ccc6[nH]c(C(=O)O)cc76)cccc54)cc3s2)cc1. The second kappa shape index (κ2) is 12.5. The molecule has 51 heavy (non-hydrogen) atoms. The number of carboxylic acids is 1. The van der Waals surface area contributed by atoms with Gasteiger partial charge in [0, 0.05) is 60.7 Å². The molecule has 6 aromatic rings. The molecule has 0 atom stereocenters. The number of carbonyl (C=O) groups is 3. The number of H-pyrrole nitrogens is 1. The van der Waals surface area contributed by atoms with Gasteiger partial charge in [0.1, 0.15) is 5.69 Å². The van der Waals surface area contributed by atoms with Gasteiger partial charge in [-0.15, -0.1) is 10.2 Å². The van der Waals surface area contributed by atoms with E-state index in [9.17, 15) is 19.5 Å². The largest absolute Gasteiger partial charge is 0.477 e. The van der Waals surface area contributed by atoms with Crippen LogP contribution >= 0.6 is 11.3 Å². The van der Waals surface area contributed by atoms with Crippen LogP contribution in [0.15, 0.2) is 94.8 Å². The summed E-state index contributed by atoms with van der Waals surface area (Å²) in [4.78, 5) is 51.9. The van der Waals surface area contributed by atoms with Crippen LogP contribution in [0.25, 0.3) is 27.2 Å². The maximum atomic E-state index is 13.8. The van der Waals surface area contributed by atoms with Crippen LogP contribution in [0.4, 0.5) is 27.9 Å². The molecule has 4 heterocycles. The highest BCUT2D eigenvalue weighted by Crippen LogP contribution is 2.37. The number of aromatic nitrogens is 2. The van der Waals surface area contributed by atoms with Crippen molar-refractivity contribution in [3.8, 4) is 0 Å². The molecule has 13 heteroatoms. The molecule has 0 aliphatic carbocycles. The lowest BCUT2D eigenvalue weighted by molar-refractivity contribution is -0.115. The Morgan fingerprint density at radius 3 is 2.47 bits per heavy atom. The van der Waals surface area contributed by atoms with Gasteiger partial charge in [-0.1, -0.05) is 23.5 Å². The van der Waals surface area contributed by atoms with Crippen LogP contribution in [0.5, 0.6) is 0 Å². The van der Waals surface area contributed by atoms with Crippen molar-refractivity contribution in [1.29, 1.82) is 0 Å². The van der Waals surface area contributed by atoms with E-state index in [0.29, 0.717) is 42.1 Å². The number of hydrogen-bond acceptors (Lipinski definition) is 9. The number of azo groups is 1. The predicted molar refractivity (Wildman–Crippen MR) is 200 cm³/mol. The van der Waals surface area contributed by atoms with Crippen LogP contribution in [0.1, 0.15) is 37.5 Å². The van der Waals surface area contributed by atoms with Gasteiger partial charge < -0.3 is 30.5 Å². The normalized spacial score (nSPS) is 14.1. The summed E-state index contributed by atoms with van der Waals surface area (Å²) in [6, 6.07) is 24.1. The maximum absolute atomic E-state index is 13.8. The molecule has 12 nitrogen and oxygen atoms in total. The number of carboxylic acid groups (broad SMARTS) is 1. The fourth-order valence-corrected chi connectivity index (χ4v) is 7.62. The summed E-state index contributed by atoms with van der Waals surface area (Å²) < 4.78 is 0.836. The molecule has 8 rings (SSSR count). The number of rotatable bonds is 7. The molecule has 0 saturated carbocycles. The highest BCUT2D eigenvalue weighted by molar-refractivity contribution is 7.21. The van der Waals surface area contributed by atoms with E-state index in [0.717, 1.165) is 55.0 Å². The van der Waals surface area contributed by atoms with E-state index >= 15 is 0 Å². The van der Waals surface area contributed by atoms with Crippen LogP contribution < -0.4 is 20.4 Å². The Morgan fingerprint density at radius 2 is 1.69 bits per heavy atom. The monoisotopic (exact) mass is 696 g/mol. The summed E-state index contributed by atoms with van der Waals surface area (Å²) in [7, 11) is 3.96. The van der Waals surface area contributed by atoms with Gasteiger partial charge in [-0.05, 0) is 102 Å². The fraction of sp³-hybridized carbons (Fsp3) is 0.158. The third kappa shape index (κ3) is 5.76. The van der Waals surface area contributed by atoms with Crippen molar-refractivity contribution in [2.75, 3.05) is 41.9 Å². The summed E-state index contributed by atoms with van der Waals surface area (Å²) in [6.07, 6.45) is 2.88. The predicted octanol–water partition coefficient (Wildman–Crippen LogP) is 7.05. The Morgan fingerprint density at radius 1 is 0.922 bits per heavy atom. The first kappa shape index (κ1) is 31.9. The average molecular weight is 697 g/mol. The zero-order valence-corrected chi connectivity index (χ0v) is 28.6. The Hall–Kier alpha value is -6.34. The Labute approximate surface area is 296 Å². The lowest BCUT2D eigenvalue weighted by atomic mass is 10.0. The van der Waals surface area contributed by atoms with Gasteiger partial charge in [-0.25, -0.2) is 9.78 Å². The highest BCUT2D eigenvalue weighted by atomic mass is 32.1. The molecule has 2 amide bonds. The first-order chi connectivity index (χ1) is 24.6. The standard InChI is InChI=1S/C38H32N8O4S/c1-44(2)24-9-7-23(8-10-24)42-43-38-41-30-11-6-22(19-34(30)51-38)35(47)45-16-14-25-21(4-3-5-32(25)45)18-28(39)36(48)46-17-15-26-27-20-31(37(49)50)40-29(27)12-13-33(26)46/h3-13,18-20,40H,14-17,39H2,1-2H3,(H,49,50)/b28-18-,43-42+. The summed E-state index contributed by atoms with van der Waals surface area (Å²) in [5.41, 5.74) is 14.5. The number of hydrogen-bond donors (Lipinski definition) is 3. The molecule has 4 aromatic carbocycles. The molecule has 254 valence electrons. The summed E-state index contributed by atoms with van der Waals surface area (Å²) in [6.45, 7) is 0.925. The first-order valence-corrected chi connectivity index (χ1v) is 17.2. The molecule has 0 spiro atoms. The van der Waals surface area contributed by atoms with Crippen molar-refractivity contribution in [1.82, 2.24) is 9.97 Å². The number of aromatic amines is 1. The van der Waals surface area contributed by atoms with Crippen LogP contribution in [-0.2, 0) is 17.6 Å². The third-order valence-corrected chi connectivity index (χ3v) is 10.3. The number of aromatic carboxylic acids is 1. The first-order valence-electron chi connectivity index (χ1n) is 16.3. The van der Waals surface area contributed by atoms with Gasteiger partial charge in [-0.2, -0.15) is 0 Å². The van der Waals surface area contributed by atoms with E-state index in [4.69, 9.17) is 5.73 Å². The van der Waals surface area contributed by atoms with E-state index in [2.05, 4.69) is 20.2 Å². The molecule has 0 fully saturated rings. The minimum atomic E-state index is -1.04. The third-order valence-electron chi connectivity index (χ3n) is 9.35. The van der Waals surface area contributed by atoms with Gasteiger partial charge in [-0.3, -0.25) is 9.59 Å². The zero-order valence-electron chi connectivity index (χ0n) is 27.8. The van der Waals surface area contributed by atoms with Gasteiger partial charge in [0.2, 0.25) is 5.13 Å². The second-order valence-corrected chi connectivity index (χ2v) is 13.7. The number of nitrogens with zero attached hydrogens (tertiary/aromatic N) is 6. The van der Waals surface area contributed by atoms with Gasteiger partial charge >= 0.3 is 5.97 Å². The summed E-state index contributed by atoms with van der Waals surface area (Å²) in [5, 5.41) is 19.4. The van der Waals surface area contributed by atoms with E-state index < -0.39 is 5.97 Å². The minimum Gasteiger partial charge on any atom is -0.477 e.